The molecule has 20 heavy (non-hydrogen) atoms. The highest BCUT2D eigenvalue weighted by atomic mass is 32.1. The number of rotatable bonds is 7. The fourth-order valence-corrected chi connectivity index (χ4v) is 2.73. The quantitative estimate of drug-likeness (QED) is 0.768. The molecule has 1 aromatic carbocycles. The third kappa shape index (κ3) is 4.85. The molecule has 0 radical (unpaired) electrons. The summed E-state index contributed by atoms with van der Waals surface area (Å²) >= 11 is 1.72. The van der Waals surface area contributed by atoms with Crippen molar-refractivity contribution in [2.24, 2.45) is 0 Å². The van der Waals surface area contributed by atoms with Crippen LogP contribution in [0.1, 0.15) is 4.88 Å². The van der Waals surface area contributed by atoms with Crippen LogP contribution in [-0.2, 0) is 6.54 Å². The molecule has 0 saturated carbocycles. The van der Waals surface area contributed by atoms with Gasteiger partial charge in [0.05, 0.1) is 0 Å². The van der Waals surface area contributed by atoms with E-state index in [4.69, 9.17) is 10.5 Å². The van der Waals surface area contributed by atoms with E-state index in [-0.39, 0.29) is 6.61 Å². The second-order valence-corrected chi connectivity index (χ2v) is 5.85. The third-order valence-corrected chi connectivity index (χ3v) is 3.69. The van der Waals surface area contributed by atoms with Gasteiger partial charge in [-0.15, -0.1) is 11.3 Å². The molecule has 0 saturated heterocycles. The van der Waals surface area contributed by atoms with E-state index in [0.717, 1.165) is 6.54 Å². The van der Waals surface area contributed by atoms with Gasteiger partial charge in [-0.2, -0.15) is 0 Å². The average molecular weight is 292 g/mol. The molecule has 0 spiro atoms. The maximum atomic E-state index is 9.98. The number of likely N-dealkylation sites (N-methyl/N-ethyl adjacent to an activating group) is 1. The van der Waals surface area contributed by atoms with E-state index >= 15 is 0 Å². The van der Waals surface area contributed by atoms with Crippen LogP contribution in [0, 0.1) is 0 Å². The molecule has 5 heteroatoms. The molecule has 0 aliphatic carbocycles. The van der Waals surface area contributed by atoms with Crippen LogP contribution in [0.5, 0.6) is 5.75 Å². The van der Waals surface area contributed by atoms with Gasteiger partial charge >= 0.3 is 0 Å². The highest BCUT2D eigenvalue weighted by molar-refractivity contribution is 7.09. The van der Waals surface area contributed by atoms with E-state index in [9.17, 15) is 5.11 Å². The van der Waals surface area contributed by atoms with Gasteiger partial charge in [0.1, 0.15) is 18.5 Å². The lowest BCUT2D eigenvalue weighted by Crippen LogP contribution is -2.32. The van der Waals surface area contributed by atoms with Crippen LogP contribution < -0.4 is 10.5 Å². The number of aliphatic hydroxyl groups is 1. The van der Waals surface area contributed by atoms with Crippen molar-refractivity contribution < 1.29 is 9.84 Å². The van der Waals surface area contributed by atoms with Crippen molar-refractivity contribution in [3.8, 4) is 5.75 Å². The Morgan fingerprint density at radius 3 is 2.90 bits per heavy atom. The van der Waals surface area contributed by atoms with Gasteiger partial charge in [0, 0.05) is 29.7 Å². The molecule has 2 aromatic rings. The molecular weight excluding hydrogens is 272 g/mol. The van der Waals surface area contributed by atoms with Gasteiger partial charge in [0.15, 0.2) is 0 Å². The van der Waals surface area contributed by atoms with Crippen LogP contribution in [0.4, 0.5) is 5.69 Å². The minimum Gasteiger partial charge on any atom is -0.491 e. The first kappa shape index (κ1) is 14.8. The van der Waals surface area contributed by atoms with Gasteiger partial charge in [0.2, 0.25) is 0 Å². The van der Waals surface area contributed by atoms with Gasteiger partial charge in [-0.25, -0.2) is 0 Å². The minimum atomic E-state index is -0.526. The third-order valence-electron chi connectivity index (χ3n) is 2.83. The largest absolute Gasteiger partial charge is 0.491 e. The maximum absolute atomic E-state index is 9.98. The van der Waals surface area contributed by atoms with Gasteiger partial charge in [-0.05, 0) is 30.6 Å². The average Bonchev–Trinajstić information content (AvgIpc) is 2.89. The molecular formula is C15H20N2O2S. The molecule has 0 bridgehead atoms. The van der Waals surface area contributed by atoms with E-state index in [0.29, 0.717) is 18.0 Å². The van der Waals surface area contributed by atoms with Crippen LogP contribution in [0.3, 0.4) is 0 Å². The Balaban J connectivity index is 1.73. The molecule has 0 aliphatic rings. The molecule has 3 N–H and O–H groups in total. The van der Waals surface area contributed by atoms with Crippen molar-refractivity contribution in [1.29, 1.82) is 0 Å². The van der Waals surface area contributed by atoms with Gasteiger partial charge in [-0.3, -0.25) is 4.90 Å². The predicted molar refractivity (Wildman–Crippen MR) is 83.0 cm³/mol. The summed E-state index contributed by atoms with van der Waals surface area (Å²) < 4.78 is 5.53. The summed E-state index contributed by atoms with van der Waals surface area (Å²) in [6, 6.07) is 11.3. The van der Waals surface area contributed by atoms with Crippen LogP contribution in [0.15, 0.2) is 41.8 Å². The number of thiophene rings is 1. The van der Waals surface area contributed by atoms with E-state index < -0.39 is 6.10 Å². The zero-order valence-electron chi connectivity index (χ0n) is 11.5. The summed E-state index contributed by atoms with van der Waals surface area (Å²) in [6.45, 7) is 1.67. The normalized spacial score (nSPS) is 12.6. The van der Waals surface area contributed by atoms with Crippen LogP contribution in [0.25, 0.3) is 0 Å². The Bertz CT molecular complexity index is 516. The molecule has 1 heterocycles. The number of hydrogen-bond acceptors (Lipinski definition) is 5. The molecule has 2 rings (SSSR count). The standard InChI is InChI=1S/C15H20N2O2S/c1-17(10-15-6-3-7-20-15)9-13(18)11-19-14-5-2-4-12(16)8-14/h2-8,13,18H,9-11,16H2,1H3. The second-order valence-electron chi connectivity index (χ2n) is 4.81. The van der Waals surface area contributed by atoms with Crippen molar-refractivity contribution in [1.82, 2.24) is 4.90 Å². The Kier molecular flexibility index (Phi) is 5.40. The highest BCUT2D eigenvalue weighted by Crippen LogP contribution is 2.15. The van der Waals surface area contributed by atoms with Crippen LogP contribution in [-0.4, -0.2) is 36.3 Å². The number of nitrogens with zero attached hydrogens (tertiary/aromatic N) is 1. The molecule has 0 fully saturated rings. The Morgan fingerprint density at radius 2 is 2.20 bits per heavy atom. The molecule has 4 nitrogen and oxygen atoms in total. The number of ether oxygens (including phenoxy) is 1. The minimum absolute atomic E-state index is 0.262. The SMILES string of the molecule is CN(Cc1cccs1)CC(O)COc1cccc(N)c1. The second kappa shape index (κ2) is 7.28. The Labute approximate surface area is 123 Å². The lowest BCUT2D eigenvalue weighted by atomic mass is 10.3. The summed E-state index contributed by atoms with van der Waals surface area (Å²) in [5.74, 6) is 0.685. The summed E-state index contributed by atoms with van der Waals surface area (Å²) in [4.78, 5) is 3.37. The van der Waals surface area contributed by atoms with Crippen LogP contribution >= 0.6 is 11.3 Å². The number of hydrogen-bond donors (Lipinski definition) is 2. The van der Waals surface area contributed by atoms with Crippen molar-refractivity contribution in [3.05, 3.63) is 46.7 Å². The van der Waals surface area contributed by atoms with E-state index in [1.54, 1.807) is 23.5 Å². The maximum Gasteiger partial charge on any atom is 0.121 e. The summed E-state index contributed by atoms with van der Waals surface area (Å²) in [6.07, 6.45) is -0.526. The first-order valence-electron chi connectivity index (χ1n) is 6.51. The molecule has 0 amide bonds. The van der Waals surface area contributed by atoms with Crippen molar-refractivity contribution in [3.63, 3.8) is 0 Å². The Hall–Kier alpha value is -1.56. The summed E-state index contributed by atoms with van der Waals surface area (Å²) in [7, 11) is 1.99. The van der Waals surface area contributed by atoms with Gasteiger partial charge in [-0.1, -0.05) is 12.1 Å². The fourth-order valence-electron chi connectivity index (χ4n) is 1.94. The fraction of sp³-hybridized carbons (Fsp3) is 0.333. The zero-order valence-corrected chi connectivity index (χ0v) is 12.3. The molecule has 108 valence electrons. The first-order valence-corrected chi connectivity index (χ1v) is 7.39. The highest BCUT2D eigenvalue weighted by Gasteiger charge is 2.10. The smallest absolute Gasteiger partial charge is 0.121 e. The monoisotopic (exact) mass is 292 g/mol. The number of anilines is 1. The van der Waals surface area contributed by atoms with Crippen molar-refractivity contribution in [2.45, 2.75) is 12.6 Å². The number of nitrogens with two attached hydrogens (primary N) is 1. The van der Waals surface area contributed by atoms with Gasteiger partial charge < -0.3 is 15.6 Å². The molecule has 1 aromatic heterocycles. The number of aliphatic hydroxyl groups excluding tert-OH is 1. The first-order chi connectivity index (χ1) is 9.63. The Morgan fingerprint density at radius 1 is 1.35 bits per heavy atom. The molecule has 0 aliphatic heterocycles. The lowest BCUT2D eigenvalue weighted by Gasteiger charge is -2.20. The van der Waals surface area contributed by atoms with Crippen LogP contribution in [0.2, 0.25) is 0 Å². The topological polar surface area (TPSA) is 58.7 Å². The molecule has 1 atom stereocenters. The van der Waals surface area contributed by atoms with E-state index in [1.807, 2.05) is 25.2 Å². The lowest BCUT2D eigenvalue weighted by molar-refractivity contribution is 0.0747. The van der Waals surface area contributed by atoms with Gasteiger partial charge in [0.25, 0.3) is 0 Å². The number of benzene rings is 1. The van der Waals surface area contributed by atoms with E-state index in [2.05, 4.69) is 16.3 Å². The predicted octanol–water partition coefficient (Wildman–Crippen LogP) is 2.20. The van der Waals surface area contributed by atoms with E-state index in [1.165, 1.54) is 4.88 Å². The number of nitrogen functional groups attached to an aromatic ring is 1. The summed E-state index contributed by atoms with van der Waals surface area (Å²) in [5, 5.41) is 12.0. The summed E-state index contributed by atoms with van der Waals surface area (Å²) in [5.41, 5.74) is 6.33. The van der Waals surface area contributed by atoms with Crippen molar-refractivity contribution >= 4 is 17.0 Å². The molecule has 1 unspecified atom stereocenters. The zero-order chi connectivity index (χ0) is 14.4. The van der Waals surface area contributed by atoms with Crippen molar-refractivity contribution in [2.75, 3.05) is 25.9 Å².